The summed E-state index contributed by atoms with van der Waals surface area (Å²) in [6.45, 7) is 1.89. The molecule has 1 aromatic heterocycles. The normalized spacial score (nSPS) is 11.9. The van der Waals surface area contributed by atoms with Crippen molar-refractivity contribution in [2.45, 2.75) is 13.0 Å². The van der Waals surface area contributed by atoms with E-state index in [1.807, 2.05) is 25.1 Å². The van der Waals surface area contributed by atoms with Gasteiger partial charge in [0.15, 0.2) is 0 Å². The number of rotatable bonds is 3. The second-order valence-electron chi connectivity index (χ2n) is 4.11. The van der Waals surface area contributed by atoms with Crippen LogP contribution in [0.1, 0.15) is 29.0 Å². The van der Waals surface area contributed by atoms with Crippen molar-refractivity contribution in [3.63, 3.8) is 0 Å². The molecule has 1 heterocycles. The van der Waals surface area contributed by atoms with Crippen LogP contribution in [-0.2, 0) is 0 Å². The molecule has 1 amide bonds. The Balaban J connectivity index is 2.13. The van der Waals surface area contributed by atoms with Gasteiger partial charge < -0.3 is 5.32 Å². The molecule has 2 rings (SSSR count). The number of carbonyl (C=O) groups is 1. The first kappa shape index (κ1) is 14.0. The largest absolute Gasteiger partial charge is 0.344 e. The van der Waals surface area contributed by atoms with Gasteiger partial charge in [0, 0.05) is 21.3 Å². The van der Waals surface area contributed by atoms with Crippen molar-refractivity contribution in [3.8, 4) is 0 Å². The first-order valence-corrected chi connectivity index (χ1v) is 6.91. The van der Waals surface area contributed by atoms with Gasteiger partial charge in [-0.25, -0.2) is 0 Å². The van der Waals surface area contributed by atoms with E-state index in [2.05, 4.69) is 26.2 Å². The second-order valence-corrected chi connectivity index (χ2v) is 5.46. The fourth-order valence-corrected chi connectivity index (χ4v) is 2.53. The van der Waals surface area contributed by atoms with Crippen LogP contribution in [0.3, 0.4) is 0 Å². The van der Waals surface area contributed by atoms with Gasteiger partial charge in [-0.05, 0) is 37.3 Å². The number of hydrogen-bond donors (Lipinski definition) is 1. The molecule has 0 aliphatic heterocycles. The van der Waals surface area contributed by atoms with Gasteiger partial charge in [-0.2, -0.15) is 0 Å². The van der Waals surface area contributed by atoms with E-state index < -0.39 is 0 Å². The highest BCUT2D eigenvalue weighted by atomic mass is 79.9. The van der Waals surface area contributed by atoms with Crippen LogP contribution >= 0.6 is 27.5 Å². The number of halogens is 2. The summed E-state index contributed by atoms with van der Waals surface area (Å²) in [5, 5.41) is 3.40. The lowest BCUT2D eigenvalue weighted by Crippen LogP contribution is -2.27. The Hall–Kier alpha value is -1.39. The molecule has 0 aliphatic rings. The summed E-state index contributed by atoms with van der Waals surface area (Å²) in [4.78, 5) is 16.3. The monoisotopic (exact) mass is 338 g/mol. The highest BCUT2D eigenvalue weighted by Crippen LogP contribution is 2.20. The molecule has 19 heavy (non-hydrogen) atoms. The summed E-state index contributed by atoms with van der Waals surface area (Å²) < 4.78 is 0.774. The second kappa shape index (κ2) is 6.17. The first-order valence-electron chi connectivity index (χ1n) is 5.74. The number of nitrogens with one attached hydrogen (secondary N) is 1. The minimum Gasteiger partial charge on any atom is -0.344 e. The summed E-state index contributed by atoms with van der Waals surface area (Å²) in [7, 11) is 0. The molecule has 0 bridgehead atoms. The van der Waals surface area contributed by atoms with Crippen molar-refractivity contribution < 1.29 is 4.79 Å². The predicted octanol–water partition coefficient (Wildman–Crippen LogP) is 3.99. The zero-order chi connectivity index (χ0) is 13.8. The molecule has 1 atom stereocenters. The van der Waals surface area contributed by atoms with E-state index in [9.17, 15) is 4.79 Å². The Morgan fingerprint density at radius 3 is 2.79 bits per heavy atom. The quantitative estimate of drug-likeness (QED) is 0.918. The van der Waals surface area contributed by atoms with E-state index in [4.69, 9.17) is 11.6 Å². The molecule has 2 aromatic rings. The standard InChI is InChI=1S/C14H12BrClN2O/c1-9(13-4-2-3-5-17-13)18-14(19)10-6-11(15)8-12(16)7-10/h2-9H,1H3,(H,18,19). The van der Waals surface area contributed by atoms with Crippen LogP contribution < -0.4 is 5.32 Å². The smallest absolute Gasteiger partial charge is 0.251 e. The zero-order valence-electron chi connectivity index (χ0n) is 10.2. The molecule has 0 radical (unpaired) electrons. The summed E-state index contributed by atoms with van der Waals surface area (Å²) in [6.07, 6.45) is 1.70. The third-order valence-electron chi connectivity index (χ3n) is 2.60. The fraction of sp³-hybridized carbons (Fsp3) is 0.143. The highest BCUT2D eigenvalue weighted by molar-refractivity contribution is 9.10. The van der Waals surface area contributed by atoms with Crippen LogP contribution in [0.5, 0.6) is 0 Å². The maximum atomic E-state index is 12.1. The number of amides is 1. The average molecular weight is 340 g/mol. The summed E-state index contributed by atoms with van der Waals surface area (Å²) >= 11 is 9.24. The maximum Gasteiger partial charge on any atom is 0.251 e. The Kier molecular flexibility index (Phi) is 4.56. The number of benzene rings is 1. The fourth-order valence-electron chi connectivity index (χ4n) is 1.67. The molecule has 0 saturated heterocycles. The number of carbonyl (C=O) groups excluding carboxylic acids is 1. The molecule has 0 fully saturated rings. The molecular weight excluding hydrogens is 328 g/mol. The highest BCUT2D eigenvalue weighted by Gasteiger charge is 2.13. The van der Waals surface area contributed by atoms with Crippen LogP contribution in [0.2, 0.25) is 5.02 Å². The van der Waals surface area contributed by atoms with Crippen molar-refractivity contribution in [3.05, 3.63) is 63.3 Å². The minimum absolute atomic E-state index is 0.161. The Morgan fingerprint density at radius 1 is 1.37 bits per heavy atom. The molecule has 0 spiro atoms. The predicted molar refractivity (Wildman–Crippen MR) is 79.3 cm³/mol. The molecule has 1 aromatic carbocycles. The average Bonchev–Trinajstić information content (AvgIpc) is 2.38. The van der Waals surface area contributed by atoms with E-state index in [-0.39, 0.29) is 11.9 Å². The zero-order valence-corrected chi connectivity index (χ0v) is 12.6. The lowest BCUT2D eigenvalue weighted by Gasteiger charge is -2.13. The van der Waals surface area contributed by atoms with Crippen LogP contribution in [0.25, 0.3) is 0 Å². The molecule has 0 aliphatic carbocycles. The van der Waals surface area contributed by atoms with E-state index >= 15 is 0 Å². The van der Waals surface area contributed by atoms with Crippen molar-refractivity contribution >= 4 is 33.4 Å². The topological polar surface area (TPSA) is 42.0 Å². The molecule has 0 saturated carbocycles. The third-order valence-corrected chi connectivity index (χ3v) is 3.28. The maximum absolute atomic E-state index is 12.1. The SMILES string of the molecule is CC(NC(=O)c1cc(Cl)cc(Br)c1)c1ccccn1. The summed E-state index contributed by atoms with van der Waals surface area (Å²) in [5.74, 6) is -0.179. The van der Waals surface area contributed by atoms with E-state index in [0.717, 1.165) is 10.2 Å². The molecular formula is C14H12BrClN2O. The van der Waals surface area contributed by atoms with E-state index in [1.165, 1.54) is 0 Å². The number of pyridine rings is 1. The lowest BCUT2D eigenvalue weighted by molar-refractivity contribution is 0.0939. The Labute approximate surface area is 125 Å². The van der Waals surface area contributed by atoms with E-state index in [0.29, 0.717) is 10.6 Å². The molecule has 3 nitrogen and oxygen atoms in total. The van der Waals surface area contributed by atoms with Crippen LogP contribution in [0.15, 0.2) is 47.1 Å². The van der Waals surface area contributed by atoms with Crippen LogP contribution in [-0.4, -0.2) is 10.9 Å². The van der Waals surface area contributed by atoms with Crippen molar-refractivity contribution in [1.82, 2.24) is 10.3 Å². The van der Waals surface area contributed by atoms with Gasteiger partial charge in [-0.3, -0.25) is 9.78 Å². The third kappa shape index (κ3) is 3.78. The van der Waals surface area contributed by atoms with Gasteiger partial charge in [-0.1, -0.05) is 33.6 Å². The van der Waals surface area contributed by atoms with Crippen LogP contribution in [0.4, 0.5) is 0 Å². The van der Waals surface area contributed by atoms with Gasteiger partial charge in [0.05, 0.1) is 11.7 Å². The van der Waals surface area contributed by atoms with Crippen molar-refractivity contribution in [1.29, 1.82) is 0 Å². The number of nitrogens with zero attached hydrogens (tertiary/aromatic N) is 1. The number of hydrogen-bond acceptors (Lipinski definition) is 2. The lowest BCUT2D eigenvalue weighted by atomic mass is 10.1. The van der Waals surface area contributed by atoms with Gasteiger partial charge in [0.25, 0.3) is 5.91 Å². The molecule has 1 unspecified atom stereocenters. The van der Waals surface area contributed by atoms with Crippen molar-refractivity contribution in [2.24, 2.45) is 0 Å². The van der Waals surface area contributed by atoms with Gasteiger partial charge >= 0.3 is 0 Å². The molecule has 1 N–H and O–H groups in total. The van der Waals surface area contributed by atoms with Gasteiger partial charge in [0.2, 0.25) is 0 Å². The van der Waals surface area contributed by atoms with Crippen LogP contribution in [0, 0.1) is 0 Å². The summed E-state index contributed by atoms with van der Waals surface area (Å²) in [6, 6.07) is 10.5. The van der Waals surface area contributed by atoms with Crippen molar-refractivity contribution in [2.75, 3.05) is 0 Å². The number of aromatic nitrogens is 1. The van der Waals surface area contributed by atoms with Gasteiger partial charge in [0.1, 0.15) is 0 Å². The Bertz CT molecular complexity index is 569. The first-order chi connectivity index (χ1) is 9.06. The van der Waals surface area contributed by atoms with E-state index in [1.54, 1.807) is 24.4 Å². The molecule has 98 valence electrons. The Morgan fingerprint density at radius 2 is 2.16 bits per heavy atom. The molecule has 5 heteroatoms. The van der Waals surface area contributed by atoms with Gasteiger partial charge in [-0.15, -0.1) is 0 Å². The minimum atomic E-state index is -0.179. The summed E-state index contributed by atoms with van der Waals surface area (Å²) in [5.41, 5.74) is 1.33.